The third-order valence-corrected chi connectivity index (χ3v) is 7.34. The third-order valence-electron chi connectivity index (χ3n) is 7.34. The zero-order chi connectivity index (χ0) is 25.9. The van der Waals surface area contributed by atoms with Crippen LogP contribution in [0.4, 0.5) is 5.69 Å². The lowest BCUT2D eigenvalue weighted by Gasteiger charge is -2.26. The van der Waals surface area contributed by atoms with Gasteiger partial charge < -0.3 is 9.84 Å². The van der Waals surface area contributed by atoms with Crippen molar-refractivity contribution >= 4 is 23.1 Å². The Kier molecular flexibility index (Phi) is 7.13. The summed E-state index contributed by atoms with van der Waals surface area (Å²) in [5, 5.41) is 11.5. The van der Waals surface area contributed by atoms with Crippen LogP contribution >= 0.6 is 0 Å². The van der Waals surface area contributed by atoms with E-state index in [4.69, 9.17) is 4.74 Å². The molecule has 0 saturated carbocycles. The second kappa shape index (κ2) is 10.6. The Labute approximate surface area is 218 Å². The standard InChI is InChI=1S/C32H33NO4/c1-3-18-37-27-11-7-10-26(20-27)33-29(23-14-12-21(4-2)13-15-23)28(31(35)32(33)36)30(34)25-17-16-22-8-5-6-9-24(22)19-25/h7,10-17,19-20,29,34H,3-6,8-9,18H2,1-2H3/b30-28-. The number of fused-ring (bicyclic) bond motifs is 1. The Balaban J connectivity index is 1.65. The molecule has 1 saturated heterocycles. The highest BCUT2D eigenvalue weighted by molar-refractivity contribution is 6.51. The number of benzene rings is 3. The zero-order valence-electron chi connectivity index (χ0n) is 21.5. The second-order valence-electron chi connectivity index (χ2n) is 9.80. The monoisotopic (exact) mass is 495 g/mol. The molecule has 1 atom stereocenters. The van der Waals surface area contributed by atoms with Gasteiger partial charge in [-0.3, -0.25) is 14.5 Å². The van der Waals surface area contributed by atoms with E-state index in [1.807, 2.05) is 61.5 Å². The molecule has 0 spiro atoms. The van der Waals surface area contributed by atoms with Gasteiger partial charge >= 0.3 is 0 Å². The van der Waals surface area contributed by atoms with E-state index in [2.05, 4.69) is 6.92 Å². The molecule has 37 heavy (non-hydrogen) atoms. The normalized spacial score (nSPS) is 18.6. The fourth-order valence-electron chi connectivity index (χ4n) is 5.33. The van der Waals surface area contributed by atoms with E-state index >= 15 is 0 Å². The van der Waals surface area contributed by atoms with Crippen LogP contribution in [0.3, 0.4) is 0 Å². The number of amides is 1. The maximum absolute atomic E-state index is 13.5. The summed E-state index contributed by atoms with van der Waals surface area (Å²) in [6, 6.07) is 20.3. The molecule has 3 aromatic rings. The van der Waals surface area contributed by atoms with Crippen molar-refractivity contribution in [1.29, 1.82) is 0 Å². The van der Waals surface area contributed by atoms with Crippen LogP contribution in [-0.2, 0) is 28.9 Å². The number of aliphatic hydroxyl groups is 1. The number of ether oxygens (including phenoxy) is 1. The summed E-state index contributed by atoms with van der Waals surface area (Å²) in [6.07, 6.45) is 6.00. The number of rotatable bonds is 7. The van der Waals surface area contributed by atoms with Crippen molar-refractivity contribution in [1.82, 2.24) is 0 Å². The van der Waals surface area contributed by atoms with Crippen LogP contribution in [0.15, 0.2) is 72.3 Å². The molecule has 1 aliphatic heterocycles. The van der Waals surface area contributed by atoms with Crippen LogP contribution in [0.5, 0.6) is 5.75 Å². The fraction of sp³-hybridized carbons (Fsp3) is 0.312. The Hall–Kier alpha value is -3.86. The lowest BCUT2D eigenvalue weighted by atomic mass is 9.88. The van der Waals surface area contributed by atoms with Crippen molar-refractivity contribution in [3.63, 3.8) is 0 Å². The average molecular weight is 496 g/mol. The summed E-state index contributed by atoms with van der Waals surface area (Å²) >= 11 is 0. The Morgan fingerprint density at radius 2 is 1.70 bits per heavy atom. The minimum atomic E-state index is -0.747. The summed E-state index contributed by atoms with van der Waals surface area (Å²) in [7, 11) is 0. The van der Waals surface area contributed by atoms with Crippen molar-refractivity contribution in [3.05, 3.63) is 100 Å². The van der Waals surface area contributed by atoms with Gasteiger partial charge in [0.2, 0.25) is 0 Å². The van der Waals surface area contributed by atoms with Gasteiger partial charge in [0.05, 0.1) is 18.2 Å². The molecule has 190 valence electrons. The molecule has 1 heterocycles. The highest BCUT2D eigenvalue weighted by atomic mass is 16.5. The first-order valence-electron chi connectivity index (χ1n) is 13.3. The van der Waals surface area contributed by atoms with Crippen molar-refractivity contribution in [2.24, 2.45) is 0 Å². The molecule has 5 rings (SSSR count). The number of hydrogen-bond acceptors (Lipinski definition) is 4. The third kappa shape index (κ3) is 4.78. The molecule has 0 bridgehead atoms. The van der Waals surface area contributed by atoms with Gasteiger partial charge in [-0.05, 0) is 79.0 Å². The number of ketones is 1. The topological polar surface area (TPSA) is 66.8 Å². The average Bonchev–Trinajstić information content (AvgIpc) is 3.21. The summed E-state index contributed by atoms with van der Waals surface area (Å²) in [4.78, 5) is 28.5. The molecular weight excluding hydrogens is 462 g/mol. The highest BCUT2D eigenvalue weighted by Gasteiger charge is 2.47. The fourth-order valence-corrected chi connectivity index (χ4v) is 5.33. The van der Waals surface area contributed by atoms with Crippen LogP contribution < -0.4 is 9.64 Å². The first kappa shape index (κ1) is 24.8. The Morgan fingerprint density at radius 1 is 0.946 bits per heavy atom. The molecule has 5 nitrogen and oxygen atoms in total. The van der Waals surface area contributed by atoms with Crippen molar-refractivity contribution < 1.29 is 19.4 Å². The van der Waals surface area contributed by atoms with Gasteiger partial charge in [-0.25, -0.2) is 0 Å². The van der Waals surface area contributed by atoms with Gasteiger partial charge in [-0.2, -0.15) is 0 Å². The number of anilines is 1. The van der Waals surface area contributed by atoms with Crippen molar-refractivity contribution in [2.45, 2.75) is 58.4 Å². The summed E-state index contributed by atoms with van der Waals surface area (Å²) < 4.78 is 5.80. The smallest absolute Gasteiger partial charge is 0.300 e. The molecule has 1 N–H and O–H groups in total. The van der Waals surface area contributed by atoms with Gasteiger partial charge in [0.25, 0.3) is 11.7 Å². The minimum absolute atomic E-state index is 0.116. The van der Waals surface area contributed by atoms with Crippen LogP contribution in [0.25, 0.3) is 5.76 Å². The van der Waals surface area contributed by atoms with E-state index in [0.717, 1.165) is 49.7 Å². The van der Waals surface area contributed by atoms with Gasteiger partial charge in [0.15, 0.2) is 0 Å². The second-order valence-corrected chi connectivity index (χ2v) is 9.80. The van der Waals surface area contributed by atoms with Gasteiger partial charge in [0, 0.05) is 17.3 Å². The molecule has 5 heteroatoms. The van der Waals surface area contributed by atoms with E-state index in [1.54, 1.807) is 12.1 Å². The number of carbonyl (C=O) groups is 2. The number of carbonyl (C=O) groups excluding carboxylic acids is 2. The number of nitrogens with zero attached hydrogens (tertiary/aromatic N) is 1. The molecule has 1 amide bonds. The van der Waals surface area contributed by atoms with Crippen LogP contribution in [0.2, 0.25) is 0 Å². The molecule has 2 aliphatic rings. The molecule has 1 aliphatic carbocycles. The molecule has 0 radical (unpaired) electrons. The van der Waals surface area contributed by atoms with E-state index < -0.39 is 17.7 Å². The summed E-state index contributed by atoms with van der Waals surface area (Å²) in [5.74, 6) is -0.829. The lowest BCUT2D eigenvalue weighted by molar-refractivity contribution is -0.132. The Morgan fingerprint density at radius 3 is 2.43 bits per heavy atom. The first-order valence-corrected chi connectivity index (χ1v) is 13.3. The number of aryl methyl sites for hydroxylation is 3. The summed E-state index contributed by atoms with van der Waals surface area (Å²) in [5.41, 5.74) is 5.68. The van der Waals surface area contributed by atoms with Gasteiger partial charge in [0.1, 0.15) is 11.5 Å². The highest BCUT2D eigenvalue weighted by Crippen LogP contribution is 2.43. The van der Waals surface area contributed by atoms with Crippen molar-refractivity contribution in [2.75, 3.05) is 11.5 Å². The minimum Gasteiger partial charge on any atom is -0.507 e. The molecule has 3 aromatic carbocycles. The zero-order valence-corrected chi connectivity index (χ0v) is 21.5. The van der Waals surface area contributed by atoms with E-state index in [0.29, 0.717) is 23.6 Å². The largest absolute Gasteiger partial charge is 0.507 e. The maximum atomic E-state index is 13.5. The summed E-state index contributed by atoms with van der Waals surface area (Å²) in [6.45, 7) is 4.67. The quantitative estimate of drug-likeness (QED) is 0.230. The van der Waals surface area contributed by atoms with E-state index in [1.165, 1.54) is 16.0 Å². The molecule has 1 fully saturated rings. The number of Topliss-reactive ketones (excluding diaryl/α,β-unsaturated/α-hetero) is 1. The van der Waals surface area contributed by atoms with Gasteiger partial charge in [-0.15, -0.1) is 0 Å². The molecule has 0 aromatic heterocycles. The van der Waals surface area contributed by atoms with Crippen LogP contribution in [0.1, 0.15) is 67.0 Å². The van der Waals surface area contributed by atoms with E-state index in [-0.39, 0.29) is 11.3 Å². The Bertz CT molecular complexity index is 1360. The lowest BCUT2D eigenvalue weighted by Crippen LogP contribution is -2.29. The molecule has 1 unspecified atom stereocenters. The maximum Gasteiger partial charge on any atom is 0.300 e. The number of aliphatic hydroxyl groups excluding tert-OH is 1. The van der Waals surface area contributed by atoms with E-state index in [9.17, 15) is 14.7 Å². The predicted octanol–water partition coefficient (Wildman–Crippen LogP) is 6.54. The SMILES string of the molecule is CCCOc1cccc(N2C(=O)C(=O)/C(=C(\O)c3ccc4c(c3)CCCC4)C2c2ccc(CC)cc2)c1. The number of hydrogen-bond donors (Lipinski definition) is 1. The van der Waals surface area contributed by atoms with Crippen molar-refractivity contribution in [3.8, 4) is 5.75 Å². The first-order chi connectivity index (χ1) is 18.0. The molecular formula is C32H33NO4. The van der Waals surface area contributed by atoms with Gasteiger partial charge in [-0.1, -0.05) is 56.3 Å². The predicted molar refractivity (Wildman–Crippen MR) is 146 cm³/mol. The van der Waals surface area contributed by atoms with Crippen LogP contribution in [0, 0.1) is 0 Å². The van der Waals surface area contributed by atoms with Crippen LogP contribution in [-0.4, -0.2) is 23.4 Å².